The highest BCUT2D eigenvalue weighted by Crippen LogP contribution is 2.34. The van der Waals surface area contributed by atoms with Crippen molar-refractivity contribution >= 4 is 64.5 Å². The molecule has 234 valence electrons. The molecule has 4 amide bonds. The Labute approximate surface area is 269 Å². The smallest absolute Gasteiger partial charge is 0.416 e. The zero-order valence-corrected chi connectivity index (χ0v) is 26.2. The van der Waals surface area contributed by atoms with Crippen molar-refractivity contribution in [2.45, 2.75) is 49.0 Å². The maximum atomic E-state index is 15.8. The van der Waals surface area contributed by atoms with Gasteiger partial charge in [0.2, 0.25) is 11.8 Å². The van der Waals surface area contributed by atoms with Crippen LogP contribution < -0.4 is 0 Å². The van der Waals surface area contributed by atoms with Crippen LogP contribution in [0.15, 0.2) is 66.5 Å². The quantitative estimate of drug-likeness (QED) is 0.127. The van der Waals surface area contributed by atoms with E-state index in [9.17, 15) is 19.2 Å². The predicted octanol–water partition coefficient (Wildman–Crippen LogP) is 6.51. The van der Waals surface area contributed by atoms with Crippen molar-refractivity contribution in [3.63, 3.8) is 0 Å². The maximum Gasteiger partial charge on any atom is 0.416 e. The molecule has 0 bridgehead atoms. The van der Waals surface area contributed by atoms with Crippen LogP contribution in [0.5, 0.6) is 0 Å². The zero-order chi connectivity index (χ0) is 32.2. The van der Waals surface area contributed by atoms with E-state index >= 15 is 4.39 Å². The number of ether oxygens (including phenoxy) is 2. The Kier molecular flexibility index (Phi) is 10.7. The minimum absolute atomic E-state index is 0.0318. The molecule has 13 heteroatoms. The first kappa shape index (κ1) is 33.4. The third-order valence-electron chi connectivity index (χ3n) is 7.24. The fourth-order valence-corrected chi connectivity index (χ4v) is 5.33. The van der Waals surface area contributed by atoms with Crippen LogP contribution in [0.4, 0.5) is 9.18 Å². The van der Waals surface area contributed by atoms with Crippen LogP contribution in [0, 0.1) is 17.2 Å². The SMILES string of the molecule is CC(C)/C=C(\F)[C@H](OC(=N)C(Cl)(Cl)Cl)[C@@H](CCCN1C(=O)c2ccccc2C1=O)C(=O)N1C(=O)OC[C@H]1Cc1ccccc1. The normalized spacial score (nSPS) is 18.4. The molecule has 0 aliphatic carbocycles. The largest absolute Gasteiger partial charge is 0.467 e. The van der Waals surface area contributed by atoms with E-state index < -0.39 is 57.4 Å². The van der Waals surface area contributed by atoms with Crippen LogP contribution in [0.3, 0.4) is 0 Å². The molecule has 0 spiro atoms. The summed E-state index contributed by atoms with van der Waals surface area (Å²) in [4.78, 5) is 54.9. The molecule has 44 heavy (non-hydrogen) atoms. The molecule has 0 saturated carbocycles. The van der Waals surface area contributed by atoms with Crippen molar-refractivity contribution < 1.29 is 33.0 Å². The van der Waals surface area contributed by atoms with Crippen molar-refractivity contribution in [3.05, 3.63) is 83.2 Å². The lowest BCUT2D eigenvalue weighted by molar-refractivity contribution is -0.136. The van der Waals surface area contributed by atoms with Gasteiger partial charge in [0.1, 0.15) is 12.4 Å². The van der Waals surface area contributed by atoms with Crippen molar-refractivity contribution in [3.8, 4) is 0 Å². The summed E-state index contributed by atoms with van der Waals surface area (Å²) in [7, 11) is 0. The zero-order valence-electron chi connectivity index (χ0n) is 24.0. The van der Waals surface area contributed by atoms with Gasteiger partial charge in [0.15, 0.2) is 6.10 Å². The number of amides is 4. The van der Waals surface area contributed by atoms with Gasteiger partial charge < -0.3 is 9.47 Å². The molecule has 2 aromatic rings. The monoisotopic (exact) mass is 665 g/mol. The minimum atomic E-state index is -2.37. The van der Waals surface area contributed by atoms with Gasteiger partial charge in [0.05, 0.1) is 23.1 Å². The number of carbonyl (C=O) groups excluding carboxylic acids is 4. The molecule has 2 aliphatic heterocycles. The summed E-state index contributed by atoms with van der Waals surface area (Å²) in [5.74, 6) is -5.41. The van der Waals surface area contributed by atoms with Gasteiger partial charge in [-0.2, -0.15) is 0 Å². The molecule has 1 saturated heterocycles. The minimum Gasteiger partial charge on any atom is -0.467 e. The van der Waals surface area contributed by atoms with Crippen LogP contribution in [0.25, 0.3) is 0 Å². The van der Waals surface area contributed by atoms with Crippen molar-refractivity contribution in [1.29, 1.82) is 5.41 Å². The van der Waals surface area contributed by atoms with Crippen molar-refractivity contribution in [1.82, 2.24) is 9.80 Å². The fourth-order valence-electron chi connectivity index (χ4n) is 5.20. The van der Waals surface area contributed by atoms with Gasteiger partial charge in [0, 0.05) is 6.54 Å². The Balaban J connectivity index is 1.65. The number of hydrogen-bond acceptors (Lipinski definition) is 7. The molecule has 0 unspecified atom stereocenters. The number of carbonyl (C=O) groups is 4. The number of halogens is 4. The van der Waals surface area contributed by atoms with Crippen LogP contribution >= 0.6 is 34.8 Å². The summed E-state index contributed by atoms with van der Waals surface area (Å²) in [6.07, 6.45) is -1.33. The number of nitrogens with one attached hydrogen (secondary N) is 1. The summed E-state index contributed by atoms with van der Waals surface area (Å²) >= 11 is 17.5. The second kappa shape index (κ2) is 14.1. The van der Waals surface area contributed by atoms with E-state index in [1.54, 1.807) is 38.1 Å². The first-order valence-corrected chi connectivity index (χ1v) is 15.1. The third kappa shape index (κ3) is 7.60. The summed E-state index contributed by atoms with van der Waals surface area (Å²) < 4.78 is 24.2. The number of benzene rings is 2. The average Bonchev–Trinajstić information content (AvgIpc) is 3.45. The van der Waals surface area contributed by atoms with E-state index in [0.29, 0.717) is 0 Å². The number of hydrogen-bond donors (Lipinski definition) is 1. The number of rotatable bonds is 11. The lowest BCUT2D eigenvalue weighted by Gasteiger charge is -2.31. The Morgan fingerprint density at radius 2 is 1.66 bits per heavy atom. The second-order valence-corrected chi connectivity index (χ2v) is 13.1. The Bertz CT molecular complexity index is 1430. The summed E-state index contributed by atoms with van der Waals surface area (Å²) in [5, 5.41) is 8.13. The molecule has 2 aliphatic rings. The van der Waals surface area contributed by atoms with Gasteiger partial charge in [-0.05, 0) is 49.0 Å². The van der Waals surface area contributed by atoms with Gasteiger partial charge in [-0.3, -0.25) is 24.7 Å². The van der Waals surface area contributed by atoms with Crippen molar-refractivity contribution in [2.75, 3.05) is 13.2 Å². The van der Waals surface area contributed by atoms with E-state index in [4.69, 9.17) is 49.7 Å². The molecule has 0 radical (unpaired) electrons. The van der Waals surface area contributed by atoms with E-state index in [0.717, 1.165) is 15.4 Å². The maximum absolute atomic E-state index is 15.8. The summed E-state index contributed by atoms with van der Waals surface area (Å²) in [5.41, 5.74) is 1.36. The van der Waals surface area contributed by atoms with Crippen LogP contribution in [0.1, 0.15) is 53.0 Å². The van der Waals surface area contributed by atoms with Gasteiger partial charge in [-0.1, -0.05) is 91.1 Å². The topological polar surface area (TPSA) is 117 Å². The lowest BCUT2D eigenvalue weighted by atomic mass is 9.91. The molecule has 9 nitrogen and oxygen atoms in total. The van der Waals surface area contributed by atoms with Gasteiger partial charge in [-0.25, -0.2) is 14.1 Å². The number of allylic oxidation sites excluding steroid dienone is 1. The van der Waals surface area contributed by atoms with Gasteiger partial charge in [0.25, 0.3) is 15.6 Å². The predicted molar refractivity (Wildman–Crippen MR) is 164 cm³/mol. The molecule has 3 atom stereocenters. The average molecular weight is 667 g/mol. The molecule has 2 aromatic carbocycles. The highest BCUT2D eigenvalue weighted by Gasteiger charge is 2.46. The summed E-state index contributed by atoms with van der Waals surface area (Å²) in [6, 6.07) is 14.8. The molecule has 2 heterocycles. The summed E-state index contributed by atoms with van der Waals surface area (Å²) in [6.45, 7) is 3.21. The van der Waals surface area contributed by atoms with Crippen LogP contribution in [-0.4, -0.2) is 68.6 Å². The number of cyclic esters (lactones) is 1. The first-order valence-electron chi connectivity index (χ1n) is 14.0. The van der Waals surface area contributed by atoms with E-state index in [-0.39, 0.29) is 49.5 Å². The Hall–Kier alpha value is -3.47. The van der Waals surface area contributed by atoms with Crippen LogP contribution in [0.2, 0.25) is 0 Å². The Morgan fingerprint density at radius 1 is 1.07 bits per heavy atom. The Morgan fingerprint density at radius 3 is 2.23 bits per heavy atom. The molecule has 1 N–H and O–H groups in total. The van der Waals surface area contributed by atoms with E-state index in [1.165, 1.54) is 6.08 Å². The van der Waals surface area contributed by atoms with E-state index in [1.807, 2.05) is 30.3 Å². The number of imide groups is 2. The van der Waals surface area contributed by atoms with Gasteiger partial charge in [-0.15, -0.1) is 0 Å². The highest BCUT2D eigenvalue weighted by atomic mass is 35.6. The van der Waals surface area contributed by atoms with Crippen molar-refractivity contribution in [2.24, 2.45) is 11.8 Å². The molecular weight excluding hydrogens is 636 g/mol. The molecule has 1 fully saturated rings. The first-order chi connectivity index (χ1) is 20.8. The standard InChI is InChI=1S/C31H31Cl3FN3O6/c1-18(2)15-24(35)25(44-29(36)31(32,33)34)23(13-8-14-37-26(39)21-11-6-7-12-22(21)27(37)40)28(41)38-20(17-43-30(38)42)16-19-9-4-3-5-10-19/h3-7,9-12,15,18,20,23,25,36H,8,13-14,16-17H2,1-2H3/b24-15-,36-29?/t20-,23-,25-/m1/s1. The molecule has 0 aromatic heterocycles. The number of fused-ring (bicyclic) bond motifs is 1. The van der Waals surface area contributed by atoms with E-state index in [2.05, 4.69) is 0 Å². The fraction of sp³-hybridized carbons (Fsp3) is 0.387. The third-order valence-corrected chi connectivity index (χ3v) is 7.75. The molecule has 4 rings (SSSR count). The van der Waals surface area contributed by atoms with Crippen LogP contribution in [-0.2, 0) is 20.7 Å². The highest BCUT2D eigenvalue weighted by molar-refractivity contribution is 6.76. The number of nitrogens with zero attached hydrogens (tertiary/aromatic N) is 2. The second-order valence-electron chi connectivity index (χ2n) is 10.8. The number of alkyl halides is 3. The van der Waals surface area contributed by atoms with Gasteiger partial charge >= 0.3 is 6.09 Å². The lowest BCUT2D eigenvalue weighted by Crippen LogP contribution is -2.48. The molecular formula is C31H31Cl3FN3O6.